The summed E-state index contributed by atoms with van der Waals surface area (Å²) in [6.45, 7) is 9.67. The highest BCUT2D eigenvalue weighted by atomic mass is 35.5. The highest BCUT2D eigenvalue weighted by Gasteiger charge is 2.29. The highest BCUT2D eigenvalue weighted by Crippen LogP contribution is 2.45. The molecule has 9 nitrogen and oxygen atoms in total. The summed E-state index contributed by atoms with van der Waals surface area (Å²) in [6.07, 6.45) is 2.96. The minimum absolute atomic E-state index is 0.180. The molecule has 39 heavy (non-hydrogen) atoms. The van der Waals surface area contributed by atoms with Crippen molar-refractivity contribution in [2.75, 3.05) is 45.4 Å². The molecule has 2 aliphatic rings. The van der Waals surface area contributed by atoms with E-state index in [4.69, 9.17) is 48.4 Å². The number of anilines is 2. The fourth-order valence-electron chi connectivity index (χ4n) is 4.30. The first-order valence-electron chi connectivity index (χ1n) is 12.1. The van der Waals surface area contributed by atoms with Crippen molar-refractivity contribution in [3.63, 3.8) is 0 Å². The van der Waals surface area contributed by atoms with Crippen molar-refractivity contribution in [2.45, 2.75) is 12.6 Å². The van der Waals surface area contributed by atoms with Crippen LogP contribution >= 0.6 is 23.2 Å². The quantitative estimate of drug-likeness (QED) is 0.317. The lowest BCUT2D eigenvalue weighted by Gasteiger charge is -2.38. The average Bonchev–Trinajstić information content (AvgIpc) is 2.89. The van der Waals surface area contributed by atoms with Crippen molar-refractivity contribution in [1.29, 1.82) is 0 Å². The van der Waals surface area contributed by atoms with Crippen LogP contribution in [-0.2, 0) is 11.3 Å². The second-order valence-electron chi connectivity index (χ2n) is 9.10. The summed E-state index contributed by atoms with van der Waals surface area (Å²) in [5.41, 5.74) is 10.1. The summed E-state index contributed by atoms with van der Waals surface area (Å²) in [5, 5.41) is 6.81. The van der Waals surface area contributed by atoms with Crippen LogP contribution in [-0.4, -0.2) is 62.8 Å². The Hall–Kier alpha value is -3.79. The van der Waals surface area contributed by atoms with E-state index in [0.717, 1.165) is 18.7 Å². The van der Waals surface area contributed by atoms with Crippen molar-refractivity contribution in [3.8, 4) is 11.5 Å². The molecule has 2 aromatic rings. The molecule has 2 aromatic carbocycles. The zero-order valence-electron chi connectivity index (χ0n) is 22.0. The largest absolute Gasteiger partial charge is 0.495 e. The summed E-state index contributed by atoms with van der Waals surface area (Å²) >= 11 is 13.4. The van der Waals surface area contributed by atoms with E-state index in [2.05, 4.69) is 28.7 Å². The van der Waals surface area contributed by atoms with Crippen molar-refractivity contribution in [2.24, 2.45) is 9.98 Å². The fraction of sp³-hybridized carbons (Fsp3) is 0.250. The number of nitrogens with zero attached hydrogens (tertiary/aromatic N) is 3. The number of likely N-dealkylation sites (N-methyl/N-ethyl adjacent to an activating group) is 1. The number of carbonyl (C=O) groups excluding carboxylic acids is 1. The van der Waals surface area contributed by atoms with Gasteiger partial charge in [0.05, 0.1) is 53.9 Å². The lowest BCUT2D eigenvalue weighted by Crippen LogP contribution is -2.58. The molecule has 204 valence electrons. The van der Waals surface area contributed by atoms with Gasteiger partial charge in [-0.2, -0.15) is 0 Å². The number of allylic oxidation sites excluding steroid dienone is 1. The summed E-state index contributed by atoms with van der Waals surface area (Å²) < 4.78 is 10.9. The van der Waals surface area contributed by atoms with Crippen LogP contribution in [0.4, 0.5) is 11.4 Å². The highest BCUT2D eigenvalue weighted by molar-refractivity contribution is 6.50. The van der Waals surface area contributed by atoms with E-state index in [1.54, 1.807) is 24.3 Å². The van der Waals surface area contributed by atoms with Crippen molar-refractivity contribution in [3.05, 3.63) is 76.3 Å². The standard InChI is InChI=1S/C28H30Cl2N6O3/c1-6-22(37)34-18-9-7-8-16(26(18)31)12-32-27-15(2)10-19(35-28(27)33-17-13-36(3)14-17)23-24(29)20(38-4)11-21(39-5)25(23)30/h6-11,17H,1-2,12-14,31H2,3-5H3,(H,33,35)(H,34,37)/b32-27-. The number of benzene rings is 2. The van der Waals surface area contributed by atoms with Crippen LogP contribution in [0.2, 0.25) is 10.0 Å². The number of likely N-dealkylation sites (tertiary alicyclic amines) is 1. The summed E-state index contributed by atoms with van der Waals surface area (Å²) in [6, 6.07) is 7.18. The van der Waals surface area contributed by atoms with E-state index in [1.807, 2.05) is 13.1 Å². The Bertz CT molecular complexity index is 1400. The molecule has 1 amide bonds. The molecule has 0 aromatic heterocycles. The lowest BCUT2D eigenvalue weighted by molar-refractivity contribution is -0.111. The van der Waals surface area contributed by atoms with E-state index < -0.39 is 0 Å². The second-order valence-corrected chi connectivity index (χ2v) is 9.85. The number of hydrogen-bond acceptors (Lipinski definition) is 8. The maximum Gasteiger partial charge on any atom is 0.247 e. The summed E-state index contributed by atoms with van der Waals surface area (Å²) in [5.74, 6) is 1.00. The molecule has 1 saturated heterocycles. The minimum atomic E-state index is -0.348. The number of carbonyl (C=O) groups is 1. The first kappa shape index (κ1) is 28.2. The first-order valence-corrected chi connectivity index (χ1v) is 12.8. The smallest absolute Gasteiger partial charge is 0.247 e. The molecule has 4 rings (SSSR count). The molecule has 2 aliphatic heterocycles. The number of nitrogens with two attached hydrogens (primary N) is 1. The number of aliphatic imine (C=N–C) groups is 2. The third-order valence-electron chi connectivity index (χ3n) is 6.35. The van der Waals surface area contributed by atoms with Crippen molar-refractivity contribution >= 4 is 57.7 Å². The van der Waals surface area contributed by atoms with E-state index >= 15 is 0 Å². The van der Waals surface area contributed by atoms with Crippen LogP contribution in [0.15, 0.2) is 65.1 Å². The number of hydrogen-bond donors (Lipinski definition) is 3. The van der Waals surface area contributed by atoms with Gasteiger partial charge >= 0.3 is 0 Å². The van der Waals surface area contributed by atoms with Gasteiger partial charge in [0, 0.05) is 24.7 Å². The molecule has 2 heterocycles. The third kappa shape index (κ3) is 5.95. The van der Waals surface area contributed by atoms with Crippen LogP contribution < -0.4 is 25.8 Å². The molecular weight excluding hydrogens is 539 g/mol. The Kier molecular flexibility index (Phi) is 8.64. The van der Waals surface area contributed by atoms with Gasteiger partial charge in [0.25, 0.3) is 0 Å². The van der Waals surface area contributed by atoms with Crippen LogP contribution in [0.25, 0.3) is 5.70 Å². The van der Waals surface area contributed by atoms with Gasteiger partial charge in [0.15, 0.2) is 5.84 Å². The second kappa shape index (κ2) is 11.9. The number of halogens is 2. The number of nitrogen functional groups attached to an aromatic ring is 1. The van der Waals surface area contributed by atoms with Crippen LogP contribution in [0.1, 0.15) is 11.1 Å². The Morgan fingerprint density at radius 2 is 1.92 bits per heavy atom. The van der Waals surface area contributed by atoms with Gasteiger partial charge in [-0.05, 0) is 36.4 Å². The molecule has 1 fully saturated rings. The average molecular weight is 569 g/mol. The fourth-order valence-corrected chi connectivity index (χ4v) is 4.99. The number of ether oxygens (including phenoxy) is 2. The molecule has 0 spiro atoms. The summed E-state index contributed by atoms with van der Waals surface area (Å²) in [7, 11) is 5.08. The molecule has 0 atom stereocenters. The molecule has 0 radical (unpaired) electrons. The Morgan fingerprint density at radius 1 is 1.26 bits per heavy atom. The molecule has 0 aliphatic carbocycles. The lowest BCUT2D eigenvalue weighted by atomic mass is 10.0. The van der Waals surface area contributed by atoms with Crippen molar-refractivity contribution in [1.82, 2.24) is 10.2 Å². The first-order chi connectivity index (χ1) is 18.7. The van der Waals surface area contributed by atoms with Gasteiger partial charge in [-0.15, -0.1) is 0 Å². The van der Waals surface area contributed by atoms with E-state index in [-0.39, 0.29) is 18.5 Å². The predicted molar refractivity (Wildman–Crippen MR) is 159 cm³/mol. The van der Waals surface area contributed by atoms with Gasteiger partial charge in [-0.1, -0.05) is 48.5 Å². The van der Waals surface area contributed by atoms with Crippen LogP contribution in [0, 0.1) is 0 Å². The van der Waals surface area contributed by atoms with E-state index in [9.17, 15) is 4.79 Å². The maximum absolute atomic E-state index is 11.8. The predicted octanol–water partition coefficient (Wildman–Crippen LogP) is 4.57. The third-order valence-corrected chi connectivity index (χ3v) is 7.10. The number of methoxy groups -OCH3 is 2. The molecule has 0 unspecified atom stereocenters. The SMILES string of the molecule is C=CC(=O)Nc1cccc(C/N=C2/C(=C)C=C(c3c(Cl)c(OC)cc(OC)c3Cl)N=C2NC2CN(C)C2)c1N. The minimum Gasteiger partial charge on any atom is -0.495 e. The monoisotopic (exact) mass is 568 g/mol. The van der Waals surface area contributed by atoms with Gasteiger partial charge in [0.2, 0.25) is 5.91 Å². The van der Waals surface area contributed by atoms with Gasteiger partial charge in [-0.3, -0.25) is 9.79 Å². The number of amides is 1. The molecule has 4 N–H and O–H groups in total. The number of para-hydroxylation sites is 1. The van der Waals surface area contributed by atoms with Crippen LogP contribution in [0.3, 0.4) is 0 Å². The van der Waals surface area contributed by atoms with Gasteiger partial charge in [-0.25, -0.2) is 4.99 Å². The Morgan fingerprint density at radius 3 is 2.51 bits per heavy atom. The van der Waals surface area contributed by atoms with Gasteiger partial charge < -0.3 is 30.7 Å². The molecule has 0 saturated carbocycles. The number of rotatable bonds is 8. The Balaban J connectivity index is 1.73. The molecular formula is C28H30Cl2N6O3. The zero-order chi connectivity index (χ0) is 28.3. The molecule has 11 heteroatoms. The normalized spacial score (nSPS) is 16.7. The number of nitrogens with one attached hydrogen (secondary N) is 2. The number of amidine groups is 1. The van der Waals surface area contributed by atoms with Gasteiger partial charge in [0.1, 0.15) is 17.2 Å². The topological polar surface area (TPSA) is 114 Å². The van der Waals surface area contributed by atoms with E-state index in [0.29, 0.717) is 61.3 Å². The van der Waals surface area contributed by atoms with Crippen molar-refractivity contribution < 1.29 is 14.3 Å². The van der Waals surface area contributed by atoms with Crippen LogP contribution in [0.5, 0.6) is 11.5 Å². The molecule has 0 bridgehead atoms. The summed E-state index contributed by atoms with van der Waals surface area (Å²) in [4.78, 5) is 23.7. The Labute approximate surface area is 237 Å². The maximum atomic E-state index is 11.8. The zero-order valence-corrected chi connectivity index (χ0v) is 23.5. The van der Waals surface area contributed by atoms with E-state index in [1.165, 1.54) is 20.3 Å².